The van der Waals surface area contributed by atoms with Crippen molar-refractivity contribution in [1.82, 2.24) is 10.2 Å². The quantitative estimate of drug-likeness (QED) is 0.764. The normalized spacial score (nSPS) is 15.5. The van der Waals surface area contributed by atoms with Crippen LogP contribution in [0.5, 0.6) is 0 Å². The average Bonchev–Trinajstić information content (AvgIpc) is 2.75. The summed E-state index contributed by atoms with van der Waals surface area (Å²) in [4.78, 5) is 1.98. The van der Waals surface area contributed by atoms with E-state index in [-0.39, 0.29) is 5.76 Å². The summed E-state index contributed by atoms with van der Waals surface area (Å²) in [7, 11) is 0. The number of H-pyrrole nitrogens is 1. The average molecular weight is 213 g/mol. The van der Waals surface area contributed by atoms with Gasteiger partial charge >= 0.3 is 0 Å². The number of hydrogen-bond acceptors (Lipinski definition) is 3. The molecule has 2 aromatic rings. The van der Waals surface area contributed by atoms with Gasteiger partial charge in [0, 0.05) is 23.8 Å². The van der Waals surface area contributed by atoms with E-state index in [2.05, 4.69) is 10.2 Å². The molecule has 0 bridgehead atoms. The number of hydrogen-bond donors (Lipinski definition) is 2. The van der Waals surface area contributed by atoms with Gasteiger partial charge in [-0.2, -0.15) is 5.10 Å². The lowest BCUT2D eigenvalue weighted by Crippen LogP contribution is -2.18. The van der Waals surface area contributed by atoms with Crippen LogP contribution in [0.15, 0.2) is 48.5 Å². The monoisotopic (exact) mass is 213 g/mol. The Morgan fingerprint density at radius 1 is 1.38 bits per heavy atom. The second-order valence-corrected chi connectivity index (χ2v) is 3.75. The Balaban J connectivity index is 2.02. The van der Waals surface area contributed by atoms with Gasteiger partial charge in [-0.3, -0.25) is 5.10 Å². The van der Waals surface area contributed by atoms with E-state index < -0.39 is 0 Å². The summed E-state index contributed by atoms with van der Waals surface area (Å²) in [5, 5.41) is 17.4. The van der Waals surface area contributed by atoms with Crippen LogP contribution in [0, 0.1) is 0 Å². The molecule has 1 aliphatic heterocycles. The highest BCUT2D eigenvalue weighted by molar-refractivity contribution is 5.82. The van der Waals surface area contributed by atoms with Gasteiger partial charge in [0.1, 0.15) is 5.76 Å². The van der Waals surface area contributed by atoms with Crippen molar-refractivity contribution in [1.29, 1.82) is 0 Å². The number of nitrogens with zero attached hydrogens (tertiary/aromatic N) is 2. The van der Waals surface area contributed by atoms with Crippen LogP contribution >= 0.6 is 0 Å². The molecule has 0 radical (unpaired) electrons. The Morgan fingerprint density at radius 2 is 2.31 bits per heavy atom. The lowest BCUT2D eigenvalue weighted by Gasteiger charge is -2.21. The van der Waals surface area contributed by atoms with Gasteiger partial charge in [0.2, 0.25) is 0 Å². The Kier molecular flexibility index (Phi) is 1.93. The fraction of sp³-hybridized carbons (Fsp3) is 0.0833. The minimum absolute atomic E-state index is 0.274. The fourth-order valence-electron chi connectivity index (χ4n) is 1.83. The molecule has 4 heteroatoms. The summed E-state index contributed by atoms with van der Waals surface area (Å²) >= 11 is 0. The van der Waals surface area contributed by atoms with Crippen molar-refractivity contribution in [2.75, 3.05) is 11.4 Å². The zero-order valence-corrected chi connectivity index (χ0v) is 8.59. The Bertz CT molecular complexity index is 583. The van der Waals surface area contributed by atoms with E-state index in [1.165, 1.54) is 0 Å². The van der Waals surface area contributed by atoms with Gasteiger partial charge in [-0.05, 0) is 24.3 Å². The van der Waals surface area contributed by atoms with Crippen LogP contribution in [0.1, 0.15) is 0 Å². The van der Waals surface area contributed by atoms with E-state index in [4.69, 9.17) is 0 Å². The van der Waals surface area contributed by atoms with Crippen molar-refractivity contribution >= 4 is 16.6 Å². The standard InChI is InChI=1S/C12H11N3O/c16-11-2-1-5-15(8-11)10-4-3-9-7-13-14-12(9)6-10/h1-4,6-8,16H,5H2,(H,13,14). The van der Waals surface area contributed by atoms with Crippen molar-refractivity contribution in [3.63, 3.8) is 0 Å². The summed E-state index contributed by atoms with van der Waals surface area (Å²) in [5.41, 5.74) is 2.03. The molecule has 0 unspecified atom stereocenters. The first-order valence-corrected chi connectivity index (χ1v) is 5.10. The Labute approximate surface area is 92.5 Å². The number of aliphatic hydroxyl groups excluding tert-OH is 1. The maximum Gasteiger partial charge on any atom is 0.131 e. The van der Waals surface area contributed by atoms with Gasteiger partial charge in [-0.25, -0.2) is 0 Å². The highest BCUT2D eigenvalue weighted by atomic mass is 16.3. The molecule has 0 spiro atoms. The Hall–Kier alpha value is -2.23. The second-order valence-electron chi connectivity index (χ2n) is 3.75. The molecular weight excluding hydrogens is 202 g/mol. The second kappa shape index (κ2) is 3.41. The minimum Gasteiger partial charge on any atom is -0.506 e. The largest absolute Gasteiger partial charge is 0.506 e. The van der Waals surface area contributed by atoms with Crippen molar-refractivity contribution in [3.05, 3.63) is 48.5 Å². The van der Waals surface area contributed by atoms with Gasteiger partial charge in [-0.1, -0.05) is 6.08 Å². The van der Waals surface area contributed by atoms with Crippen LogP contribution in [0.3, 0.4) is 0 Å². The molecular formula is C12H11N3O. The zero-order chi connectivity index (χ0) is 11.0. The van der Waals surface area contributed by atoms with Crippen molar-refractivity contribution in [3.8, 4) is 0 Å². The third-order valence-electron chi connectivity index (χ3n) is 2.64. The third kappa shape index (κ3) is 1.44. The number of anilines is 1. The van der Waals surface area contributed by atoms with E-state index in [9.17, 15) is 5.11 Å². The lowest BCUT2D eigenvalue weighted by atomic mass is 10.2. The molecule has 4 nitrogen and oxygen atoms in total. The summed E-state index contributed by atoms with van der Waals surface area (Å²) in [6.07, 6.45) is 7.14. The van der Waals surface area contributed by atoms with Gasteiger partial charge in [0.15, 0.2) is 0 Å². The molecule has 2 N–H and O–H groups in total. The first kappa shape index (κ1) is 9.03. The van der Waals surface area contributed by atoms with Gasteiger partial charge in [0.05, 0.1) is 11.7 Å². The third-order valence-corrected chi connectivity index (χ3v) is 2.64. The molecule has 2 heterocycles. The molecule has 0 saturated carbocycles. The SMILES string of the molecule is OC1=CN(c2ccc3cn[nH]c3c2)CC=C1. The van der Waals surface area contributed by atoms with Crippen molar-refractivity contribution in [2.45, 2.75) is 0 Å². The summed E-state index contributed by atoms with van der Waals surface area (Å²) < 4.78 is 0. The molecule has 0 amide bonds. The molecule has 0 atom stereocenters. The highest BCUT2D eigenvalue weighted by Crippen LogP contribution is 2.22. The first-order valence-electron chi connectivity index (χ1n) is 5.10. The smallest absolute Gasteiger partial charge is 0.131 e. The zero-order valence-electron chi connectivity index (χ0n) is 8.59. The predicted molar refractivity (Wildman–Crippen MR) is 63.3 cm³/mol. The minimum atomic E-state index is 0.274. The van der Waals surface area contributed by atoms with E-state index in [1.54, 1.807) is 18.5 Å². The molecule has 1 aromatic carbocycles. The van der Waals surface area contributed by atoms with Crippen LogP contribution in [-0.4, -0.2) is 21.8 Å². The fourth-order valence-corrected chi connectivity index (χ4v) is 1.83. The van der Waals surface area contributed by atoms with Crippen LogP contribution in [0.25, 0.3) is 10.9 Å². The van der Waals surface area contributed by atoms with Crippen molar-refractivity contribution in [2.24, 2.45) is 0 Å². The van der Waals surface area contributed by atoms with E-state index in [0.717, 1.165) is 23.1 Å². The lowest BCUT2D eigenvalue weighted by molar-refractivity contribution is 0.428. The van der Waals surface area contributed by atoms with E-state index >= 15 is 0 Å². The summed E-state index contributed by atoms with van der Waals surface area (Å²) in [5.74, 6) is 0.274. The molecule has 1 aliphatic rings. The number of rotatable bonds is 1. The number of nitrogens with one attached hydrogen (secondary N) is 1. The van der Waals surface area contributed by atoms with E-state index in [0.29, 0.717) is 0 Å². The van der Waals surface area contributed by atoms with Gasteiger partial charge in [-0.15, -0.1) is 0 Å². The summed E-state index contributed by atoms with van der Waals surface area (Å²) in [6.45, 7) is 0.768. The summed E-state index contributed by atoms with van der Waals surface area (Å²) in [6, 6.07) is 6.05. The van der Waals surface area contributed by atoms with Crippen LogP contribution < -0.4 is 4.90 Å². The molecule has 0 aliphatic carbocycles. The number of allylic oxidation sites excluding steroid dienone is 1. The maximum atomic E-state index is 9.43. The molecule has 0 saturated heterocycles. The first-order chi connectivity index (χ1) is 7.83. The topological polar surface area (TPSA) is 52.1 Å². The molecule has 16 heavy (non-hydrogen) atoms. The number of aromatic amines is 1. The number of aromatic nitrogens is 2. The van der Waals surface area contributed by atoms with Crippen LogP contribution in [-0.2, 0) is 0 Å². The molecule has 0 fully saturated rings. The van der Waals surface area contributed by atoms with E-state index in [1.807, 2.05) is 29.2 Å². The van der Waals surface area contributed by atoms with Crippen LogP contribution in [0.2, 0.25) is 0 Å². The number of aliphatic hydroxyl groups is 1. The maximum absolute atomic E-state index is 9.43. The number of fused-ring (bicyclic) bond motifs is 1. The molecule has 1 aromatic heterocycles. The van der Waals surface area contributed by atoms with Crippen LogP contribution in [0.4, 0.5) is 5.69 Å². The molecule has 80 valence electrons. The highest BCUT2D eigenvalue weighted by Gasteiger charge is 2.07. The van der Waals surface area contributed by atoms with Crippen molar-refractivity contribution < 1.29 is 5.11 Å². The van der Waals surface area contributed by atoms with Gasteiger partial charge < -0.3 is 10.0 Å². The number of benzene rings is 1. The molecule has 3 rings (SSSR count). The Morgan fingerprint density at radius 3 is 3.19 bits per heavy atom. The van der Waals surface area contributed by atoms with Gasteiger partial charge in [0.25, 0.3) is 0 Å². The predicted octanol–water partition coefficient (Wildman–Crippen LogP) is 2.34.